The molecule has 1 fully saturated rings. The number of fused-ring (bicyclic) bond motifs is 1. The predicted octanol–water partition coefficient (Wildman–Crippen LogP) is 7.07. The van der Waals surface area contributed by atoms with Gasteiger partial charge in [-0.15, -0.1) is 0 Å². The van der Waals surface area contributed by atoms with E-state index in [1.54, 1.807) is 15.9 Å². The highest BCUT2D eigenvalue weighted by atomic mass is 16.5. The van der Waals surface area contributed by atoms with Crippen molar-refractivity contribution in [1.82, 2.24) is 9.80 Å². The lowest BCUT2D eigenvalue weighted by molar-refractivity contribution is -0.133. The summed E-state index contributed by atoms with van der Waals surface area (Å²) >= 11 is 0. The summed E-state index contributed by atoms with van der Waals surface area (Å²) in [6.45, 7) is 5.36. The molecule has 7 nitrogen and oxygen atoms in total. The Kier molecular flexibility index (Phi) is 11.2. The fourth-order valence-corrected chi connectivity index (χ4v) is 5.91. The number of amides is 2. The molecule has 7 heteroatoms. The van der Waals surface area contributed by atoms with Crippen LogP contribution in [0.25, 0.3) is 11.0 Å². The number of carbonyl (C=O) groups excluding carboxylic acids is 2. The second-order valence-electron chi connectivity index (χ2n) is 12.2. The lowest BCUT2D eigenvalue weighted by atomic mass is 10.0. The molecule has 1 aliphatic rings. The van der Waals surface area contributed by atoms with Crippen LogP contribution in [-0.4, -0.2) is 47.4 Å². The third-order valence-electron chi connectivity index (χ3n) is 8.51. The van der Waals surface area contributed by atoms with Gasteiger partial charge in [0.15, 0.2) is 5.43 Å². The molecule has 1 unspecified atom stereocenters. The molecule has 0 radical (unpaired) electrons. The maximum atomic E-state index is 14.1. The van der Waals surface area contributed by atoms with E-state index in [4.69, 9.17) is 9.15 Å². The van der Waals surface area contributed by atoms with E-state index in [1.165, 1.54) is 31.1 Å². The highest BCUT2D eigenvalue weighted by Gasteiger charge is 2.28. The summed E-state index contributed by atoms with van der Waals surface area (Å²) in [5.74, 6) is -0.446. The molecule has 4 aromatic rings. The molecule has 0 N–H and O–H groups in total. The Balaban J connectivity index is 1.38. The van der Waals surface area contributed by atoms with Gasteiger partial charge in [-0.1, -0.05) is 80.3 Å². The first-order chi connectivity index (χ1) is 21.9. The Hall–Kier alpha value is -4.23. The summed E-state index contributed by atoms with van der Waals surface area (Å²) in [5.41, 5.74) is 4.39. The molecule has 236 valence electrons. The minimum absolute atomic E-state index is 0.0641. The fraction of sp³-hybridized carbons (Fsp3) is 0.395. The molecule has 0 aliphatic carbocycles. The molecule has 1 aliphatic heterocycles. The van der Waals surface area contributed by atoms with Crippen LogP contribution in [0.3, 0.4) is 0 Å². The van der Waals surface area contributed by atoms with Crippen molar-refractivity contribution in [3.8, 4) is 0 Å². The van der Waals surface area contributed by atoms with Gasteiger partial charge in [0.05, 0.1) is 29.9 Å². The summed E-state index contributed by atoms with van der Waals surface area (Å²) in [5, 5.41) is 0.489. The van der Waals surface area contributed by atoms with Gasteiger partial charge in [-0.05, 0) is 68.0 Å². The van der Waals surface area contributed by atoms with E-state index in [-0.39, 0.29) is 36.4 Å². The Morgan fingerprint density at radius 3 is 2.42 bits per heavy atom. The Bertz CT molecular complexity index is 1620. The smallest absolute Gasteiger partial charge is 0.254 e. The first-order valence-corrected chi connectivity index (χ1v) is 16.2. The van der Waals surface area contributed by atoms with E-state index in [9.17, 15) is 14.4 Å². The molecule has 0 saturated carbocycles. The molecule has 2 heterocycles. The van der Waals surface area contributed by atoms with Gasteiger partial charge in [-0.3, -0.25) is 14.4 Å². The van der Waals surface area contributed by atoms with Crippen LogP contribution >= 0.6 is 0 Å². The number of carbonyl (C=O) groups is 2. The van der Waals surface area contributed by atoms with Gasteiger partial charge < -0.3 is 19.0 Å². The molecule has 1 atom stereocenters. The Morgan fingerprint density at radius 2 is 1.69 bits per heavy atom. The number of hydrogen-bond acceptors (Lipinski definition) is 5. The van der Waals surface area contributed by atoms with Crippen molar-refractivity contribution >= 4 is 22.8 Å². The van der Waals surface area contributed by atoms with Gasteiger partial charge in [0.2, 0.25) is 5.91 Å². The minimum atomic E-state index is -0.249. The van der Waals surface area contributed by atoms with E-state index in [0.717, 1.165) is 36.8 Å². The highest BCUT2D eigenvalue weighted by molar-refractivity contribution is 5.96. The van der Waals surface area contributed by atoms with E-state index in [2.05, 4.69) is 6.92 Å². The summed E-state index contributed by atoms with van der Waals surface area (Å²) in [6.07, 6.45) is 8.87. The molecule has 5 rings (SSSR count). The number of aryl methyl sites for hydroxylation is 2. The number of rotatable bonds is 14. The van der Waals surface area contributed by atoms with E-state index in [1.807, 2.05) is 73.7 Å². The number of ether oxygens (including phenoxy) is 1. The molecule has 2 amide bonds. The van der Waals surface area contributed by atoms with Crippen molar-refractivity contribution in [2.45, 2.75) is 78.0 Å². The largest absolute Gasteiger partial charge is 0.464 e. The van der Waals surface area contributed by atoms with Crippen LogP contribution in [0.4, 0.5) is 0 Å². The van der Waals surface area contributed by atoms with E-state index >= 15 is 0 Å². The van der Waals surface area contributed by atoms with Crippen LogP contribution in [-0.2, 0) is 29.0 Å². The van der Waals surface area contributed by atoms with Crippen LogP contribution in [0.5, 0.6) is 0 Å². The molecule has 1 aromatic heterocycles. The van der Waals surface area contributed by atoms with Gasteiger partial charge >= 0.3 is 0 Å². The minimum Gasteiger partial charge on any atom is -0.464 e. The van der Waals surface area contributed by atoms with Gasteiger partial charge in [0.1, 0.15) is 12.1 Å². The summed E-state index contributed by atoms with van der Waals surface area (Å²) in [6, 6.07) is 23.0. The monoisotopic (exact) mass is 608 g/mol. The van der Waals surface area contributed by atoms with Gasteiger partial charge in [-0.2, -0.15) is 0 Å². The molecular weight excluding hydrogens is 564 g/mol. The molecule has 1 saturated heterocycles. The van der Waals surface area contributed by atoms with E-state index < -0.39 is 0 Å². The molecule has 0 bridgehead atoms. The van der Waals surface area contributed by atoms with Crippen molar-refractivity contribution in [2.75, 3.05) is 19.7 Å². The second kappa shape index (κ2) is 15.7. The SMILES string of the molecule is CCCCCCc1ccc(C(=O)N(CC(=O)N(Cc2ccccc2)Cc2coc3ccc(C)cc3c2=O)CC2CCCO2)cc1. The molecular formula is C38H44N2O5. The third-order valence-corrected chi connectivity index (χ3v) is 8.51. The Morgan fingerprint density at radius 1 is 0.889 bits per heavy atom. The maximum Gasteiger partial charge on any atom is 0.254 e. The summed E-state index contributed by atoms with van der Waals surface area (Å²) in [4.78, 5) is 44.7. The summed E-state index contributed by atoms with van der Waals surface area (Å²) < 4.78 is 11.7. The fourth-order valence-electron chi connectivity index (χ4n) is 5.91. The number of nitrogens with zero attached hydrogens (tertiary/aromatic N) is 2. The van der Waals surface area contributed by atoms with E-state index in [0.29, 0.717) is 41.8 Å². The average molecular weight is 609 g/mol. The van der Waals surface area contributed by atoms with Gasteiger partial charge in [0.25, 0.3) is 5.91 Å². The quantitative estimate of drug-likeness (QED) is 0.143. The number of unbranched alkanes of at least 4 members (excludes halogenated alkanes) is 3. The van der Waals surface area contributed by atoms with Crippen LogP contribution < -0.4 is 5.43 Å². The lowest BCUT2D eigenvalue weighted by Gasteiger charge is -2.29. The van der Waals surface area contributed by atoms with Crippen LogP contribution in [0.2, 0.25) is 0 Å². The molecule has 3 aromatic carbocycles. The van der Waals surface area contributed by atoms with Gasteiger partial charge in [-0.25, -0.2) is 0 Å². The lowest BCUT2D eigenvalue weighted by Crippen LogP contribution is -2.45. The highest BCUT2D eigenvalue weighted by Crippen LogP contribution is 2.19. The number of benzene rings is 3. The first kappa shape index (κ1) is 32.2. The molecule has 0 spiro atoms. The van der Waals surface area contributed by atoms with Crippen molar-refractivity contribution < 1.29 is 18.7 Å². The average Bonchev–Trinajstić information content (AvgIpc) is 3.57. The topological polar surface area (TPSA) is 80.1 Å². The van der Waals surface area contributed by atoms with Crippen molar-refractivity contribution in [1.29, 1.82) is 0 Å². The zero-order valence-corrected chi connectivity index (χ0v) is 26.5. The van der Waals surface area contributed by atoms with Crippen LogP contribution in [0.15, 0.2) is 88.3 Å². The van der Waals surface area contributed by atoms with Crippen molar-refractivity contribution in [2.24, 2.45) is 0 Å². The Labute approximate surface area is 265 Å². The zero-order chi connectivity index (χ0) is 31.6. The standard InChI is InChI=1S/C38H44N2O5/c1-3-4-5-7-11-29-16-18-31(19-17-29)38(43)40(25-33-14-10-21-44-33)26-36(41)39(23-30-12-8-6-9-13-30)24-32-27-45-35-20-15-28(2)22-34(35)37(32)42/h6,8-9,12-13,15-20,22,27,33H,3-5,7,10-11,14,21,23-26H2,1-2H3. The predicted molar refractivity (Wildman–Crippen MR) is 177 cm³/mol. The van der Waals surface area contributed by atoms with Gasteiger partial charge in [0, 0.05) is 25.3 Å². The second-order valence-corrected chi connectivity index (χ2v) is 12.2. The zero-order valence-electron chi connectivity index (χ0n) is 26.5. The van der Waals surface area contributed by atoms with Crippen molar-refractivity contribution in [3.05, 3.63) is 117 Å². The number of hydrogen-bond donors (Lipinski definition) is 0. The maximum absolute atomic E-state index is 14.1. The van der Waals surface area contributed by atoms with Crippen LogP contribution in [0, 0.1) is 6.92 Å². The normalized spacial score (nSPS) is 14.5. The first-order valence-electron chi connectivity index (χ1n) is 16.2. The summed E-state index contributed by atoms with van der Waals surface area (Å²) in [7, 11) is 0. The van der Waals surface area contributed by atoms with Crippen molar-refractivity contribution in [3.63, 3.8) is 0 Å². The third kappa shape index (κ3) is 8.70. The van der Waals surface area contributed by atoms with Crippen LogP contribution in [0.1, 0.15) is 78.1 Å². The molecule has 45 heavy (non-hydrogen) atoms.